The van der Waals surface area contributed by atoms with Crippen LogP contribution in [0.4, 0.5) is 0 Å². The summed E-state index contributed by atoms with van der Waals surface area (Å²) >= 11 is 3.64. The predicted octanol–water partition coefficient (Wildman–Crippen LogP) is 3.63. The number of nitrogens with two attached hydrogens (primary N) is 1. The van der Waals surface area contributed by atoms with Crippen molar-refractivity contribution < 1.29 is 0 Å². The number of thiophene rings is 1. The van der Waals surface area contributed by atoms with E-state index >= 15 is 0 Å². The molecular formula is C13H16N2S2. The molecule has 2 rings (SSSR count). The molecule has 0 amide bonds. The van der Waals surface area contributed by atoms with E-state index in [1.54, 1.807) is 0 Å². The molecule has 2 heterocycles. The van der Waals surface area contributed by atoms with Gasteiger partial charge in [0, 0.05) is 33.1 Å². The minimum Gasteiger partial charge on any atom is -0.327 e. The summed E-state index contributed by atoms with van der Waals surface area (Å²) < 4.78 is 0. The van der Waals surface area contributed by atoms with Crippen LogP contribution in [0.15, 0.2) is 41.6 Å². The van der Waals surface area contributed by atoms with Gasteiger partial charge in [0.05, 0.1) is 5.25 Å². The van der Waals surface area contributed by atoms with Crippen LogP contribution in [-0.2, 0) is 0 Å². The topological polar surface area (TPSA) is 38.9 Å². The third kappa shape index (κ3) is 3.31. The second-order valence-corrected chi connectivity index (χ2v) is 6.56. The van der Waals surface area contributed by atoms with E-state index in [1.807, 2.05) is 47.6 Å². The van der Waals surface area contributed by atoms with E-state index in [1.165, 1.54) is 14.6 Å². The van der Waals surface area contributed by atoms with Crippen LogP contribution in [0, 0.1) is 6.92 Å². The van der Waals surface area contributed by atoms with Crippen LogP contribution in [0.3, 0.4) is 0 Å². The van der Waals surface area contributed by atoms with Gasteiger partial charge >= 0.3 is 0 Å². The number of aromatic nitrogens is 1. The maximum atomic E-state index is 6.10. The Labute approximate surface area is 110 Å². The Kier molecular flexibility index (Phi) is 4.20. The van der Waals surface area contributed by atoms with Crippen molar-refractivity contribution in [2.24, 2.45) is 5.73 Å². The highest BCUT2D eigenvalue weighted by atomic mass is 32.2. The van der Waals surface area contributed by atoms with Crippen LogP contribution >= 0.6 is 23.1 Å². The van der Waals surface area contributed by atoms with Crippen molar-refractivity contribution in [2.45, 2.75) is 30.0 Å². The number of aryl methyl sites for hydroxylation is 1. The molecule has 0 spiro atoms. The average molecular weight is 264 g/mol. The van der Waals surface area contributed by atoms with Gasteiger partial charge in [-0.05, 0) is 38.1 Å². The zero-order valence-corrected chi connectivity index (χ0v) is 11.6. The second-order valence-electron chi connectivity index (χ2n) is 4.03. The molecule has 0 radical (unpaired) electrons. The SMILES string of the molecule is Cc1ccc(C(Sc2ccncc2)C(C)N)s1. The smallest absolute Gasteiger partial charge is 0.0586 e. The summed E-state index contributed by atoms with van der Waals surface area (Å²) in [5, 5.41) is 0.316. The standard InChI is InChI=1S/C13H16N2S2/c1-9-3-4-12(16-9)13(10(2)14)17-11-5-7-15-8-6-11/h3-8,10,13H,14H2,1-2H3. The number of hydrogen-bond donors (Lipinski definition) is 1. The first-order valence-electron chi connectivity index (χ1n) is 5.55. The van der Waals surface area contributed by atoms with E-state index in [0.717, 1.165) is 0 Å². The summed E-state index contributed by atoms with van der Waals surface area (Å²) in [7, 11) is 0. The quantitative estimate of drug-likeness (QED) is 0.857. The number of pyridine rings is 1. The summed E-state index contributed by atoms with van der Waals surface area (Å²) in [5.41, 5.74) is 6.10. The molecule has 2 atom stereocenters. The summed E-state index contributed by atoms with van der Waals surface area (Å²) in [6.07, 6.45) is 3.64. The van der Waals surface area contributed by atoms with Crippen molar-refractivity contribution in [3.8, 4) is 0 Å². The van der Waals surface area contributed by atoms with Crippen LogP contribution in [-0.4, -0.2) is 11.0 Å². The number of rotatable bonds is 4. The van der Waals surface area contributed by atoms with Gasteiger partial charge in [-0.3, -0.25) is 4.98 Å². The number of nitrogens with zero attached hydrogens (tertiary/aromatic N) is 1. The Morgan fingerprint density at radius 2 is 1.94 bits per heavy atom. The first-order valence-corrected chi connectivity index (χ1v) is 7.25. The van der Waals surface area contributed by atoms with E-state index in [0.29, 0.717) is 5.25 Å². The lowest BCUT2D eigenvalue weighted by atomic mass is 10.2. The van der Waals surface area contributed by atoms with Crippen molar-refractivity contribution in [2.75, 3.05) is 0 Å². The van der Waals surface area contributed by atoms with E-state index < -0.39 is 0 Å². The minimum absolute atomic E-state index is 0.131. The Morgan fingerprint density at radius 1 is 1.24 bits per heavy atom. The first-order chi connectivity index (χ1) is 8.16. The zero-order chi connectivity index (χ0) is 12.3. The van der Waals surface area contributed by atoms with Crippen molar-refractivity contribution >= 4 is 23.1 Å². The number of thioether (sulfide) groups is 1. The highest BCUT2D eigenvalue weighted by Gasteiger charge is 2.19. The van der Waals surface area contributed by atoms with Gasteiger partial charge in [-0.25, -0.2) is 0 Å². The van der Waals surface area contributed by atoms with E-state index in [9.17, 15) is 0 Å². The third-order valence-electron chi connectivity index (χ3n) is 2.43. The van der Waals surface area contributed by atoms with E-state index in [-0.39, 0.29) is 6.04 Å². The Bertz CT molecular complexity index is 465. The molecule has 0 aliphatic carbocycles. The highest BCUT2D eigenvalue weighted by Crippen LogP contribution is 2.39. The second kappa shape index (κ2) is 5.67. The van der Waals surface area contributed by atoms with Crippen molar-refractivity contribution in [1.82, 2.24) is 4.98 Å². The van der Waals surface area contributed by atoms with Crippen molar-refractivity contribution in [3.05, 3.63) is 46.4 Å². The summed E-state index contributed by atoms with van der Waals surface area (Å²) in [6, 6.07) is 8.53. The highest BCUT2D eigenvalue weighted by molar-refractivity contribution is 7.99. The molecule has 0 aliphatic rings. The maximum Gasteiger partial charge on any atom is 0.0586 e. The lowest BCUT2D eigenvalue weighted by Crippen LogP contribution is -2.21. The molecule has 4 heteroatoms. The molecule has 17 heavy (non-hydrogen) atoms. The monoisotopic (exact) mass is 264 g/mol. The van der Waals surface area contributed by atoms with Gasteiger partial charge in [-0.1, -0.05) is 0 Å². The molecule has 2 aromatic heterocycles. The van der Waals surface area contributed by atoms with Crippen LogP contribution < -0.4 is 5.73 Å². The van der Waals surface area contributed by atoms with Gasteiger partial charge in [0.25, 0.3) is 0 Å². The molecule has 0 saturated heterocycles. The molecule has 2 aromatic rings. The van der Waals surface area contributed by atoms with Gasteiger partial charge in [0.1, 0.15) is 0 Å². The minimum atomic E-state index is 0.131. The van der Waals surface area contributed by atoms with Gasteiger partial charge < -0.3 is 5.73 Å². The molecular weight excluding hydrogens is 248 g/mol. The Morgan fingerprint density at radius 3 is 2.47 bits per heavy atom. The first kappa shape index (κ1) is 12.6. The molecule has 2 N–H and O–H groups in total. The third-order valence-corrected chi connectivity index (χ3v) is 5.15. The number of hydrogen-bond acceptors (Lipinski definition) is 4. The van der Waals surface area contributed by atoms with Gasteiger partial charge in [0.2, 0.25) is 0 Å². The van der Waals surface area contributed by atoms with Gasteiger partial charge in [-0.15, -0.1) is 23.1 Å². The van der Waals surface area contributed by atoms with Crippen LogP contribution in [0.1, 0.15) is 21.9 Å². The van der Waals surface area contributed by atoms with Crippen molar-refractivity contribution in [3.63, 3.8) is 0 Å². The van der Waals surface area contributed by atoms with Crippen LogP contribution in [0.5, 0.6) is 0 Å². The lowest BCUT2D eigenvalue weighted by molar-refractivity contribution is 0.730. The molecule has 2 unspecified atom stereocenters. The van der Waals surface area contributed by atoms with Gasteiger partial charge in [0.15, 0.2) is 0 Å². The zero-order valence-electron chi connectivity index (χ0n) is 9.96. The molecule has 0 fully saturated rings. The largest absolute Gasteiger partial charge is 0.327 e. The molecule has 0 saturated carbocycles. The molecule has 0 aromatic carbocycles. The van der Waals surface area contributed by atoms with Crippen LogP contribution in [0.25, 0.3) is 0 Å². The fourth-order valence-electron chi connectivity index (χ4n) is 1.59. The lowest BCUT2D eigenvalue weighted by Gasteiger charge is -2.18. The van der Waals surface area contributed by atoms with E-state index in [2.05, 4.69) is 31.0 Å². The van der Waals surface area contributed by atoms with Crippen molar-refractivity contribution in [1.29, 1.82) is 0 Å². The summed E-state index contributed by atoms with van der Waals surface area (Å²) in [4.78, 5) is 7.93. The fourth-order valence-corrected chi connectivity index (χ4v) is 3.84. The summed E-state index contributed by atoms with van der Waals surface area (Å²) in [6.45, 7) is 4.19. The molecule has 0 aliphatic heterocycles. The average Bonchev–Trinajstić information content (AvgIpc) is 2.73. The molecule has 90 valence electrons. The Hall–Kier alpha value is -0.840. The molecule has 2 nitrogen and oxygen atoms in total. The Balaban J connectivity index is 2.19. The van der Waals surface area contributed by atoms with Gasteiger partial charge in [-0.2, -0.15) is 0 Å². The maximum absolute atomic E-state index is 6.10. The normalized spacial score (nSPS) is 14.5. The van der Waals surface area contributed by atoms with E-state index in [4.69, 9.17) is 5.73 Å². The fraction of sp³-hybridized carbons (Fsp3) is 0.308. The predicted molar refractivity (Wildman–Crippen MR) is 75.5 cm³/mol. The molecule has 0 bridgehead atoms. The summed E-state index contributed by atoms with van der Waals surface area (Å²) in [5.74, 6) is 0. The van der Waals surface area contributed by atoms with Crippen LogP contribution in [0.2, 0.25) is 0 Å².